The molecule has 3 N–H and O–H groups in total. The van der Waals surface area contributed by atoms with Crippen molar-refractivity contribution in [2.45, 2.75) is 19.5 Å². The van der Waals surface area contributed by atoms with Crippen LogP contribution in [0.4, 0.5) is 13.2 Å². The van der Waals surface area contributed by atoms with E-state index in [4.69, 9.17) is 5.73 Å². The van der Waals surface area contributed by atoms with Crippen molar-refractivity contribution in [2.75, 3.05) is 0 Å². The quantitative estimate of drug-likeness (QED) is 0.527. The van der Waals surface area contributed by atoms with Crippen LogP contribution in [0, 0.1) is 0 Å². The summed E-state index contributed by atoms with van der Waals surface area (Å²) in [5, 5.41) is 5.11. The molecule has 3 aromatic rings. The third-order valence-corrected chi connectivity index (χ3v) is 3.78. The number of pyridine rings is 1. The molecule has 8 heteroatoms. The van der Waals surface area contributed by atoms with Gasteiger partial charge in [0.2, 0.25) is 0 Å². The molecule has 0 spiro atoms. The molecule has 0 radical (unpaired) electrons. The number of guanidine groups is 1. The molecule has 1 aromatic heterocycles. The summed E-state index contributed by atoms with van der Waals surface area (Å²) in [6.45, 7) is 0.642. The first-order valence-corrected chi connectivity index (χ1v) is 8.12. The number of alkyl halides is 3. The van der Waals surface area contributed by atoms with Crippen molar-refractivity contribution in [3.8, 4) is 5.75 Å². The summed E-state index contributed by atoms with van der Waals surface area (Å²) in [6.07, 6.45) is -2.97. The minimum Gasteiger partial charge on any atom is -0.406 e. The highest BCUT2D eigenvalue weighted by Gasteiger charge is 2.30. The maximum atomic E-state index is 12.1. The fourth-order valence-corrected chi connectivity index (χ4v) is 2.53. The van der Waals surface area contributed by atoms with Crippen molar-refractivity contribution in [1.29, 1.82) is 0 Å². The first-order valence-electron chi connectivity index (χ1n) is 8.12. The molecule has 5 nitrogen and oxygen atoms in total. The fourth-order valence-electron chi connectivity index (χ4n) is 2.53. The summed E-state index contributed by atoms with van der Waals surface area (Å²) < 4.78 is 40.3. The number of aromatic nitrogens is 1. The summed E-state index contributed by atoms with van der Waals surface area (Å²) in [5.74, 6) is -0.0521. The van der Waals surface area contributed by atoms with E-state index in [0.29, 0.717) is 12.1 Å². The predicted octanol–water partition coefficient (Wildman–Crippen LogP) is 3.74. The molecule has 0 unspecified atom stereocenters. The third kappa shape index (κ3) is 5.34. The average Bonchev–Trinajstić information content (AvgIpc) is 2.64. The molecular weight excluding hydrogens is 357 g/mol. The Labute approximate surface area is 153 Å². The molecule has 0 fully saturated rings. The molecule has 27 heavy (non-hydrogen) atoms. The van der Waals surface area contributed by atoms with E-state index >= 15 is 0 Å². The fraction of sp³-hybridized carbons (Fsp3) is 0.158. The summed E-state index contributed by atoms with van der Waals surface area (Å²) >= 11 is 0. The maximum absolute atomic E-state index is 12.1. The number of benzene rings is 2. The van der Waals surface area contributed by atoms with Crippen LogP contribution in [0.15, 0.2) is 65.8 Å². The number of hydrogen-bond acceptors (Lipinski definition) is 3. The maximum Gasteiger partial charge on any atom is 0.573 e. The monoisotopic (exact) mass is 374 g/mol. The molecule has 0 bridgehead atoms. The Morgan fingerprint density at radius 3 is 2.56 bits per heavy atom. The van der Waals surface area contributed by atoms with E-state index in [1.165, 1.54) is 24.3 Å². The number of nitrogens with one attached hydrogen (secondary N) is 1. The van der Waals surface area contributed by atoms with E-state index in [1.54, 1.807) is 6.20 Å². The van der Waals surface area contributed by atoms with Crippen molar-refractivity contribution >= 4 is 16.7 Å². The molecule has 0 saturated carbocycles. The Balaban J connectivity index is 1.58. The first-order chi connectivity index (χ1) is 12.9. The van der Waals surface area contributed by atoms with Crippen molar-refractivity contribution in [3.63, 3.8) is 0 Å². The van der Waals surface area contributed by atoms with Gasteiger partial charge in [-0.2, -0.15) is 0 Å². The van der Waals surface area contributed by atoms with Gasteiger partial charge in [-0.15, -0.1) is 13.2 Å². The number of nitrogens with two attached hydrogens (primary N) is 1. The number of nitrogens with zero attached hydrogens (tertiary/aromatic N) is 2. The van der Waals surface area contributed by atoms with Gasteiger partial charge >= 0.3 is 6.36 Å². The van der Waals surface area contributed by atoms with Gasteiger partial charge < -0.3 is 15.8 Å². The number of fused-ring (bicyclic) bond motifs is 1. The van der Waals surface area contributed by atoms with Crippen molar-refractivity contribution < 1.29 is 17.9 Å². The van der Waals surface area contributed by atoms with Gasteiger partial charge in [-0.05, 0) is 29.1 Å². The number of ether oxygens (including phenoxy) is 1. The number of aliphatic imine (C=N–C) groups is 1. The van der Waals surface area contributed by atoms with Crippen molar-refractivity contribution in [3.05, 3.63) is 72.1 Å². The Morgan fingerprint density at radius 2 is 1.81 bits per heavy atom. The van der Waals surface area contributed by atoms with Crippen molar-refractivity contribution in [2.24, 2.45) is 10.7 Å². The highest BCUT2D eigenvalue weighted by molar-refractivity contribution is 5.85. The minimum absolute atomic E-state index is 0.223. The van der Waals surface area contributed by atoms with E-state index in [2.05, 4.69) is 20.0 Å². The van der Waals surface area contributed by atoms with Gasteiger partial charge in [0.05, 0.1) is 18.8 Å². The second kappa shape index (κ2) is 7.94. The van der Waals surface area contributed by atoms with Gasteiger partial charge in [0.15, 0.2) is 5.96 Å². The summed E-state index contributed by atoms with van der Waals surface area (Å²) in [7, 11) is 0. The molecule has 0 aliphatic carbocycles. The molecular formula is C19H17F3N4O. The molecule has 0 saturated heterocycles. The van der Waals surface area contributed by atoms with Gasteiger partial charge in [0.25, 0.3) is 0 Å². The van der Waals surface area contributed by atoms with E-state index in [0.717, 1.165) is 16.5 Å². The summed E-state index contributed by atoms with van der Waals surface area (Å²) in [5.41, 5.74) is 7.42. The second-order valence-corrected chi connectivity index (χ2v) is 5.73. The molecule has 0 atom stereocenters. The summed E-state index contributed by atoms with van der Waals surface area (Å²) in [6, 6.07) is 15.3. The molecule has 2 aromatic carbocycles. The van der Waals surface area contributed by atoms with Crippen LogP contribution >= 0.6 is 0 Å². The van der Waals surface area contributed by atoms with Crippen LogP contribution in [0.2, 0.25) is 0 Å². The zero-order valence-electron chi connectivity index (χ0n) is 14.2. The van der Waals surface area contributed by atoms with Gasteiger partial charge in [0, 0.05) is 11.6 Å². The highest BCUT2D eigenvalue weighted by atomic mass is 19.4. The topological polar surface area (TPSA) is 72.5 Å². The number of rotatable bonds is 5. The van der Waals surface area contributed by atoms with E-state index in [9.17, 15) is 13.2 Å². The molecule has 3 rings (SSSR count). The second-order valence-electron chi connectivity index (χ2n) is 5.73. The Morgan fingerprint density at radius 1 is 1.07 bits per heavy atom. The Bertz CT molecular complexity index is 934. The lowest BCUT2D eigenvalue weighted by molar-refractivity contribution is -0.274. The van der Waals surface area contributed by atoms with Gasteiger partial charge in [-0.25, -0.2) is 4.99 Å². The average molecular weight is 374 g/mol. The predicted molar refractivity (Wildman–Crippen MR) is 97.0 cm³/mol. The van der Waals surface area contributed by atoms with Crippen LogP contribution < -0.4 is 15.8 Å². The van der Waals surface area contributed by atoms with Gasteiger partial charge in [0.1, 0.15) is 5.75 Å². The minimum atomic E-state index is -4.70. The lowest BCUT2D eigenvalue weighted by Crippen LogP contribution is -2.31. The molecule has 0 amide bonds. The normalized spacial score (nSPS) is 12.2. The van der Waals surface area contributed by atoms with Crippen LogP contribution in [0.25, 0.3) is 10.8 Å². The Kier molecular flexibility index (Phi) is 5.44. The van der Waals surface area contributed by atoms with E-state index in [-0.39, 0.29) is 18.3 Å². The van der Waals surface area contributed by atoms with Crippen LogP contribution in [-0.4, -0.2) is 17.3 Å². The zero-order valence-corrected chi connectivity index (χ0v) is 14.2. The number of hydrogen-bond donors (Lipinski definition) is 2. The molecule has 1 heterocycles. The van der Waals surface area contributed by atoms with Crippen LogP contribution in [0.1, 0.15) is 11.3 Å². The van der Waals surface area contributed by atoms with Crippen LogP contribution in [0.5, 0.6) is 5.75 Å². The standard InChI is InChI=1S/C19H17F3N4O/c20-19(21,22)27-15-7-5-13(6-8-15)11-25-18(23)26-12-17-16-4-2-1-3-14(16)9-10-24-17/h1-10H,11-12H2,(H3,23,25,26). The van der Waals surface area contributed by atoms with E-state index < -0.39 is 6.36 Å². The first kappa shape index (κ1) is 18.5. The lowest BCUT2D eigenvalue weighted by atomic mass is 10.1. The zero-order chi connectivity index (χ0) is 19.3. The summed E-state index contributed by atoms with van der Waals surface area (Å²) in [4.78, 5) is 8.54. The van der Waals surface area contributed by atoms with Crippen LogP contribution in [-0.2, 0) is 13.1 Å². The van der Waals surface area contributed by atoms with Crippen molar-refractivity contribution in [1.82, 2.24) is 10.3 Å². The number of halogens is 3. The molecule has 0 aliphatic rings. The largest absolute Gasteiger partial charge is 0.573 e. The molecule has 0 aliphatic heterocycles. The van der Waals surface area contributed by atoms with Gasteiger partial charge in [-0.1, -0.05) is 36.4 Å². The molecule has 140 valence electrons. The smallest absolute Gasteiger partial charge is 0.406 e. The Hall–Kier alpha value is -3.29. The third-order valence-electron chi connectivity index (χ3n) is 3.78. The SMILES string of the molecule is NC(=NCc1ccc(OC(F)(F)F)cc1)NCc1nccc2ccccc12. The van der Waals surface area contributed by atoms with E-state index in [1.807, 2.05) is 30.3 Å². The highest BCUT2D eigenvalue weighted by Crippen LogP contribution is 2.22. The van der Waals surface area contributed by atoms with Gasteiger partial charge in [-0.3, -0.25) is 4.98 Å². The van der Waals surface area contributed by atoms with Crippen LogP contribution in [0.3, 0.4) is 0 Å². The lowest BCUT2D eigenvalue weighted by Gasteiger charge is -2.09.